The smallest absolute Gasteiger partial charge is 0.268 e. The quantitative estimate of drug-likeness (QED) is 0.751. The standard InChI is InChI=1S/C17H16FN3O3/c1-21-13-6-7-24-15(13)8-14(21)17(23)20-10-16(22)19-9-11-2-4-12(18)5-3-11/h2-8H,9-10H2,1H3,(H,19,22)(H,20,23). The van der Waals surface area contributed by atoms with E-state index in [0.717, 1.165) is 11.1 Å². The van der Waals surface area contributed by atoms with E-state index in [9.17, 15) is 14.0 Å². The zero-order valence-corrected chi connectivity index (χ0v) is 13.0. The largest absolute Gasteiger partial charge is 0.463 e. The number of aryl methyl sites for hydroxylation is 1. The van der Waals surface area contributed by atoms with Gasteiger partial charge in [0.25, 0.3) is 5.91 Å². The van der Waals surface area contributed by atoms with Gasteiger partial charge < -0.3 is 19.6 Å². The van der Waals surface area contributed by atoms with Crippen molar-refractivity contribution < 1.29 is 18.4 Å². The zero-order valence-electron chi connectivity index (χ0n) is 13.0. The van der Waals surface area contributed by atoms with Gasteiger partial charge in [0.05, 0.1) is 18.3 Å². The van der Waals surface area contributed by atoms with Gasteiger partial charge in [-0.15, -0.1) is 0 Å². The number of aromatic nitrogens is 1. The number of carbonyl (C=O) groups excluding carboxylic acids is 2. The van der Waals surface area contributed by atoms with Crippen molar-refractivity contribution in [3.63, 3.8) is 0 Å². The molecule has 0 saturated carbocycles. The second-order valence-corrected chi connectivity index (χ2v) is 5.34. The minimum atomic E-state index is -0.360. The fourth-order valence-corrected chi connectivity index (χ4v) is 2.38. The number of halogens is 1. The average Bonchev–Trinajstić information content (AvgIpc) is 3.15. The van der Waals surface area contributed by atoms with Crippen LogP contribution in [-0.2, 0) is 18.4 Å². The topological polar surface area (TPSA) is 76.3 Å². The van der Waals surface area contributed by atoms with E-state index in [0.29, 0.717) is 11.3 Å². The predicted octanol–water partition coefficient (Wildman–Crippen LogP) is 1.96. The van der Waals surface area contributed by atoms with Crippen LogP contribution in [0.2, 0.25) is 0 Å². The van der Waals surface area contributed by atoms with E-state index in [4.69, 9.17) is 4.42 Å². The Morgan fingerprint density at radius 3 is 2.62 bits per heavy atom. The van der Waals surface area contributed by atoms with Gasteiger partial charge in [-0.1, -0.05) is 12.1 Å². The first-order valence-corrected chi connectivity index (χ1v) is 7.37. The summed E-state index contributed by atoms with van der Waals surface area (Å²) in [7, 11) is 1.75. The van der Waals surface area contributed by atoms with Crippen LogP contribution < -0.4 is 10.6 Å². The molecule has 0 aliphatic rings. The third-order valence-electron chi connectivity index (χ3n) is 3.71. The monoisotopic (exact) mass is 329 g/mol. The lowest BCUT2D eigenvalue weighted by molar-refractivity contribution is -0.120. The lowest BCUT2D eigenvalue weighted by Crippen LogP contribution is -2.37. The van der Waals surface area contributed by atoms with Crippen LogP contribution in [0.15, 0.2) is 47.1 Å². The highest BCUT2D eigenvalue weighted by Crippen LogP contribution is 2.19. The molecule has 0 radical (unpaired) electrons. The van der Waals surface area contributed by atoms with Crippen LogP contribution in [0, 0.1) is 5.82 Å². The molecule has 24 heavy (non-hydrogen) atoms. The van der Waals surface area contributed by atoms with Crippen molar-refractivity contribution in [3.8, 4) is 0 Å². The normalized spacial score (nSPS) is 10.8. The van der Waals surface area contributed by atoms with Crippen LogP contribution in [0.25, 0.3) is 11.1 Å². The molecule has 2 aromatic heterocycles. The molecular formula is C17H16FN3O3. The van der Waals surface area contributed by atoms with Gasteiger partial charge in [0.2, 0.25) is 5.91 Å². The van der Waals surface area contributed by atoms with Crippen molar-refractivity contribution in [2.24, 2.45) is 7.05 Å². The fourth-order valence-electron chi connectivity index (χ4n) is 2.38. The van der Waals surface area contributed by atoms with E-state index < -0.39 is 0 Å². The Bertz CT molecular complexity index is 880. The maximum Gasteiger partial charge on any atom is 0.268 e. The van der Waals surface area contributed by atoms with Gasteiger partial charge in [-0.3, -0.25) is 9.59 Å². The second kappa shape index (κ2) is 6.57. The Balaban J connectivity index is 1.52. The van der Waals surface area contributed by atoms with E-state index in [-0.39, 0.29) is 30.7 Å². The SMILES string of the molecule is Cn1c(C(=O)NCC(=O)NCc2ccc(F)cc2)cc2occc21. The first kappa shape index (κ1) is 15.8. The van der Waals surface area contributed by atoms with Crippen molar-refractivity contribution in [3.05, 3.63) is 59.7 Å². The Morgan fingerprint density at radius 1 is 1.17 bits per heavy atom. The number of carbonyl (C=O) groups is 2. The predicted molar refractivity (Wildman–Crippen MR) is 85.8 cm³/mol. The molecule has 0 saturated heterocycles. The molecule has 2 N–H and O–H groups in total. The van der Waals surface area contributed by atoms with Crippen molar-refractivity contribution in [2.75, 3.05) is 6.54 Å². The van der Waals surface area contributed by atoms with E-state index in [2.05, 4.69) is 10.6 Å². The number of hydrogen-bond donors (Lipinski definition) is 2. The number of amides is 2. The highest BCUT2D eigenvalue weighted by molar-refractivity contribution is 5.99. The van der Waals surface area contributed by atoms with Crippen molar-refractivity contribution in [1.29, 1.82) is 0 Å². The molecule has 0 atom stereocenters. The van der Waals surface area contributed by atoms with Crippen LogP contribution in [0.1, 0.15) is 16.1 Å². The summed E-state index contributed by atoms with van der Waals surface area (Å²) in [5.74, 6) is -1.02. The summed E-state index contributed by atoms with van der Waals surface area (Å²) in [5.41, 5.74) is 2.61. The number of nitrogens with zero attached hydrogens (tertiary/aromatic N) is 1. The third kappa shape index (κ3) is 3.29. The number of fused-ring (bicyclic) bond motifs is 1. The summed E-state index contributed by atoms with van der Waals surface area (Å²) in [5, 5.41) is 5.22. The number of hydrogen-bond acceptors (Lipinski definition) is 3. The molecular weight excluding hydrogens is 313 g/mol. The summed E-state index contributed by atoms with van der Waals surface area (Å²) < 4.78 is 19.7. The van der Waals surface area contributed by atoms with Crippen LogP contribution >= 0.6 is 0 Å². The van der Waals surface area contributed by atoms with Gasteiger partial charge in [-0.25, -0.2) is 4.39 Å². The highest BCUT2D eigenvalue weighted by Gasteiger charge is 2.15. The van der Waals surface area contributed by atoms with E-state index in [1.165, 1.54) is 12.1 Å². The number of furan rings is 1. The molecule has 6 nitrogen and oxygen atoms in total. The van der Waals surface area contributed by atoms with Crippen LogP contribution in [0.5, 0.6) is 0 Å². The Labute approximate surface area is 137 Å². The van der Waals surface area contributed by atoms with Crippen molar-refractivity contribution in [1.82, 2.24) is 15.2 Å². The number of nitrogens with one attached hydrogen (secondary N) is 2. The van der Waals surface area contributed by atoms with E-state index >= 15 is 0 Å². The Morgan fingerprint density at radius 2 is 1.92 bits per heavy atom. The molecule has 0 aliphatic heterocycles. The zero-order chi connectivity index (χ0) is 17.1. The highest BCUT2D eigenvalue weighted by atomic mass is 19.1. The maximum absolute atomic E-state index is 12.8. The molecule has 0 fully saturated rings. The van der Waals surface area contributed by atoms with Gasteiger partial charge in [-0.05, 0) is 17.7 Å². The lowest BCUT2D eigenvalue weighted by Gasteiger charge is -2.08. The summed E-state index contributed by atoms with van der Waals surface area (Å²) in [6.07, 6.45) is 1.55. The molecule has 0 spiro atoms. The number of rotatable bonds is 5. The van der Waals surface area contributed by atoms with Crippen molar-refractivity contribution >= 4 is 22.9 Å². The minimum Gasteiger partial charge on any atom is -0.463 e. The molecule has 0 unspecified atom stereocenters. The minimum absolute atomic E-state index is 0.146. The van der Waals surface area contributed by atoms with Crippen LogP contribution in [-0.4, -0.2) is 22.9 Å². The lowest BCUT2D eigenvalue weighted by atomic mass is 10.2. The van der Waals surface area contributed by atoms with Crippen LogP contribution in [0.3, 0.4) is 0 Å². The molecule has 2 amide bonds. The van der Waals surface area contributed by atoms with Gasteiger partial charge in [-0.2, -0.15) is 0 Å². The van der Waals surface area contributed by atoms with E-state index in [1.807, 2.05) is 0 Å². The molecule has 3 aromatic rings. The molecule has 124 valence electrons. The van der Waals surface area contributed by atoms with Gasteiger partial charge in [0, 0.05) is 25.7 Å². The average molecular weight is 329 g/mol. The summed E-state index contributed by atoms with van der Waals surface area (Å²) in [4.78, 5) is 24.0. The first-order chi connectivity index (χ1) is 11.5. The summed E-state index contributed by atoms with van der Waals surface area (Å²) >= 11 is 0. The molecule has 2 heterocycles. The number of benzene rings is 1. The molecule has 7 heteroatoms. The second-order valence-electron chi connectivity index (χ2n) is 5.34. The Hall–Kier alpha value is -3.09. The van der Waals surface area contributed by atoms with Gasteiger partial charge >= 0.3 is 0 Å². The maximum atomic E-state index is 12.8. The first-order valence-electron chi connectivity index (χ1n) is 7.37. The molecule has 1 aromatic carbocycles. The molecule has 0 aliphatic carbocycles. The third-order valence-corrected chi connectivity index (χ3v) is 3.71. The van der Waals surface area contributed by atoms with Gasteiger partial charge in [0.1, 0.15) is 11.5 Å². The summed E-state index contributed by atoms with van der Waals surface area (Å²) in [6.45, 7) is 0.124. The van der Waals surface area contributed by atoms with Crippen LogP contribution in [0.4, 0.5) is 4.39 Å². The fraction of sp³-hybridized carbons (Fsp3) is 0.176. The van der Waals surface area contributed by atoms with E-state index in [1.54, 1.807) is 42.1 Å². The molecule has 3 rings (SSSR count). The molecule has 0 bridgehead atoms. The summed E-state index contributed by atoms with van der Waals surface area (Å²) in [6, 6.07) is 9.23. The van der Waals surface area contributed by atoms with Crippen molar-refractivity contribution in [2.45, 2.75) is 6.54 Å². The Kier molecular flexibility index (Phi) is 4.33. The van der Waals surface area contributed by atoms with Gasteiger partial charge in [0.15, 0.2) is 5.58 Å².